The first-order valence-corrected chi connectivity index (χ1v) is 11.6. The molecule has 0 saturated carbocycles. The highest BCUT2D eigenvalue weighted by atomic mass is 32.2. The number of carbonyl (C=O) groups excluding carboxylic acids is 1. The van der Waals surface area contributed by atoms with Crippen LogP contribution < -0.4 is 0 Å². The Morgan fingerprint density at radius 1 is 0.848 bits per heavy atom. The largest absolute Gasteiger partial charge is 0.463 e. The molecule has 1 N–H and O–H groups in total. The molecule has 6 rings (SSSR count). The Labute approximate surface area is 193 Å². The molecule has 4 aromatic heterocycles. The molecule has 6 aromatic rings. The number of thioether (sulfide) groups is 1. The topological polar surface area (TPSA) is 77.0 Å². The molecule has 0 radical (unpaired) electrons. The van der Waals surface area contributed by atoms with Crippen molar-refractivity contribution < 1.29 is 13.6 Å². The Hall–Kier alpha value is -3.97. The molecule has 6 nitrogen and oxygen atoms in total. The molecule has 33 heavy (non-hydrogen) atoms. The molecular formula is C26H19N3O3S. The Morgan fingerprint density at radius 3 is 2.12 bits per heavy atom. The lowest BCUT2D eigenvalue weighted by atomic mass is 10.2. The fourth-order valence-corrected chi connectivity index (χ4v) is 4.95. The third kappa shape index (κ3) is 3.47. The van der Waals surface area contributed by atoms with Crippen LogP contribution in [0.3, 0.4) is 0 Å². The maximum Gasteiger partial charge on any atom is 0.232 e. The van der Waals surface area contributed by atoms with Crippen LogP contribution in [0, 0.1) is 0 Å². The molecule has 0 atom stereocenters. The summed E-state index contributed by atoms with van der Waals surface area (Å²) >= 11 is 1.50. The van der Waals surface area contributed by atoms with Crippen molar-refractivity contribution >= 4 is 39.5 Å². The SMILES string of the molecule is O=C(CCSc1nc(-c2ccco2)c(-c2ccco2)[nH]1)n1c2ccccc2c2ccccc21. The fourth-order valence-electron chi connectivity index (χ4n) is 4.15. The standard InChI is InChI=1S/C26H19N3O3S/c30-23(29-19-9-3-1-7-17(19)18-8-2-4-10-20(18)29)13-16-33-26-27-24(21-11-5-14-31-21)25(28-26)22-12-6-15-32-22/h1-12,14-15H,13,16H2,(H,27,28). The van der Waals surface area contributed by atoms with E-state index in [2.05, 4.69) is 17.1 Å². The lowest BCUT2D eigenvalue weighted by Crippen LogP contribution is -2.11. The van der Waals surface area contributed by atoms with E-state index < -0.39 is 0 Å². The third-order valence-electron chi connectivity index (χ3n) is 5.59. The minimum Gasteiger partial charge on any atom is -0.463 e. The van der Waals surface area contributed by atoms with Crippen molar-refractivity contribution in [2.75, 3.05) is 5.75 Å². The van der Waals surface area contributed by atoms with Gasteiger partial charge in [-0.25, -0.2) is 4.98 Å². The van der Waals surface area contributed by atoms with Gasteiger partial charge >= 0.3 is 0 Å². The number of H-pyrrole nitrogens is 1. The maximum atomic E-state index is 13.3. The van der Waals surface area contributed by atoms with E-state index in [1.54, 1.807) is 12.5 Å². The number of furan rings is 2. The molecule has 7 heteroatoms. The summed E-state index contributed by atoms with van der Waals surface area (Å²) < 4.78 is 12.9. The van der Waals surface area contributed by atoms with Gasteiger partial charge in [-0.2, -0.15) is 0 Å². The van der Waals surface area contributed by atoms with Crippen molar-refractivity contribution in [1.29, 1.82) is 0 Å². The Balaban J connectivity index is 1.25. The van der Waals surface area contributed by atoms with E-state index >= 15 is 0 Å². The molecule has 0 fully saturated rings. The van der Waals surface area contributed by atoms with E-state index in [9.17, 15) is 4.79 Å². The summed E-state index contributed by atoms with van der Waals surface area (Å²) in [4.78, 5) is 21.3. The molecule has 0 aliphatic carbocycles. The maximum absolute atomic E-state index is 13.3. The number of benzene rings is 2. The number of carbonyl (C=O) groups is 1. The number of nitrogens with zero attached hydrogens (tertiary/aromatic N) is 2. The zero-order valence-corrected chi connectivity index (χ0v) is 18.3. The van der Waals surface area contributed by atoms with Gasteiger partial charge in [0.15, 0.2) is 16.7 Å². The van der Waals surface area contributed by atoms with Gasteiger partial charge in [0.2, 0.25) is 5.91 Å². The minimum atomic E-state index is 0.0592. The second kappa shape index (κ2) is 8.18. The smallest absolute Gasteiger partial charge is 0.232 e. The first-order valence-electron chi connectivity index (χ1n) is 10.6. The highest BCUT2D eigenvalue weighted by Gasteiger charge is 2.19. The summed E-state index contributed by atoms with van der Waals surface area (Å²) in [6.45, 7) is 0. The second-order valence-electron chi connectivity index (χ2n) is 7.58. The summed E-state index contributed by atoms with van der Waals surface area (Å²) in [5.74, 6) is 1.99. The van der Waals surface area contributed by atoms with Gasteiger partial charge in [-0.05, 0) is 36.4 Å². The normalized spacial score (nSPS) is 11.5. The van der Waals surface area contributed by atoms with Gasteiger partial charge in [-0.3, -0.25) is 9.36 Å². The summed E-state index contributed by atoms with van der Waals surface area (Å²) in [5, 5.41) is 2.89. The van der Waals surface area contributed by atoms with E-state index in [-0.39, 0.29) is 5.91 Å². The molecule has 0 bridgehead atoms. The second-order valence-corrected chi connectivity index (χ2v) is 8.67. The highest BCUT2D eigenvalue weighted by Crippen LogP contribution is 2.34. The van der Waals surface area contributed by atoms with Gasteiger partial charge in [-0.15, -0.1) is 0 Å². The number of para-hydroxylation sites is 2. The Kier molecular flexibility index (Phi) is 4.88. The van der Waals surface area contributed by atoms with Gasteiger partial charge in [-0.1, -0.05) is 48.2 Å². The van der Waals surface area contributed by atoms with Crippen LogP contribution >= 0.6 is 11.8 Å². The predicted molar refractivity (Wildman–Crippen MR) is 129 cm³/mol. The molecule has 0 spiro atoms. The van der Waals surface area contributed by atoms with E-state index in [1.807, 2.05) is 65.2 Å². The average molecular weight is 454 g/mol. The molecule has 4 heterocycles. The molecule has 0 aliphatic rings. The number of aromatic nitrogens is 3. The van der Waals surface area contributed by atoms with Crippen molar-refractivity contribution in [3.05, 3.63) is 85.3 Å². The number of rotatable bonds is 6. The van der Waals surface area contributed by atoms with E-state index in [0.29, 0.717) is 34.5 Å². The molecule has 0 amide bonds. The summed E-state index contributed by atoms with van der Waals surface area (Å²) in [6.07, 6.45) is 3.62. The van der Waals surface area contributed by atoms with Crippen LogP contribution in [0.25, 0.3) is 44.7 Å². The van der Waals surface area contributed by atoms with Crippen LogP contribution in [0.1, 0.15) is 11.2 Å². The number of nitrogens with one attached hydrogen (secondary N) is 1. The van der Waals surface area contributed by atoms with E-state index in [0.717, 1.165) is 27.5 Å². The number of imidazole rings is 1. The van der Waals surface area contributed by atoms with Crippen molar-refractivity contribution in [2.45, 2.75) is 11.6 Å². The molecular weight excluding hydrogens is 434 g/mol. The third-order valence-corrected chi connectivity index (χ3v) is 6.46. The zero-order chi connectivity index (χ0) is 22.2. The number of fused-ring (bicyclic) bond motifs is 3. The molecule has 0 unspecified atom stereocenters. The van der Waals surface area contributed by atoms with Crippen LogP contribution in [-0.4, -0.2) is 26.2 Å². The first kappa shape index (κ1) is 19.7. The van der Waals surface area contributed by atoms with Gasteiger partial charge in [0.05, 0.1) is 23.6 Å². The molecule has 162 valence electrons. The Morgan fingerprint density at radius 2 is 1.48 bits per heavy atom. The van der Waals surface area contributed by atoms with Gasteiger partial charge < -0.3 is 13.8 Å². The summed E-state index contributed by atoms with van der Waals surface area (Å²) in [7, 11) is 0. The highest BCUT2D eigenvalue weighted by molar-refractivity contribution is 7.99. The summed E-state index contributed by atoms with van der Waals surface area (Å²) in [5.41, 5.74) is 3.32. The van der Waals surface area contributed by atoms with E-state index in [1.165, 1.54) is 11.8 Å². The van der Waals surface area contributed by atoms with Crippen molar-refractivity contribution in [3.63, 3.8) is 0 Å². The Bertz CT molecular complexity index is 1450. The minimum absolute atomic E-state index is 0.0592. The number of hydrogen-bond donors (Lipinski definition) is 1. The van der Waals surface area contributed by atoms with Crippen molar-refractivity contribution in [2.24, 2.45) is 0 Å². The van der Waals surface area contributed by atoms with Crippen molar-refractivity contribution in [3.8, 4) is 22.9 Å². The molecule has 2 aromatic carbocycles. The molecule has 0 aliphatic heterocycles. The quantitative estimate of drug-likeness (QED) is 0.279. The van der Waals surface area contributed by atoms with Crippen LogP contribution in [0.4, 0.5) is 0 Å². The van der Waals surface area contributed by atoms with E-state index in [4.69, 9.17) is 13.8 Å². The van der Waals surface area contributed by atoms with Crippen LogP contribution in [0.5, 0.6) is 0 Å². The van der Waals surface area contributed by atoms with Crippen LogP contribution in [0.15, 0.2) is 99.3 Å². The van der Waals surface area contributed by atoms with Gasteiger partial charge in [0.1, 0.15) is 11.4 Å². The van der Waals surface area contributed by atoms with Crippen LogP contribution in [0.2, 0.25) is 0 Å². The monoisotopic (exact) mass is 453 g/mol. The number of aromatic amines is 1. The molecule has 0 saturated heterocycles. The van der Waals surface area contributed by atoms with Gasteiger partial charge in [0.25, 0.3) is 0 Å². The predicted octanol–water partition coefficient (Wildman–Crippen LogP) is 6.86. The average Bonchev–Trinajstić information content (AvgIpc) is 3.64. The first-order chi connectivity index (χ1) is 16.3. The van der Waals surface area contributed by atoms with Crippen molar-refractivity contribution in [1.82, 2.24) is 14.5 Å². The lowest BCUT2D eigenvalue weighted by Gasteiger charge is -2.05. The zero-order valence-electron chi connectivity index (χ0n) is 17.5. The number of hydrogen-bond acceptors (Lipinski definition) is 5. The van der Waals surface area contributed by atoms with Gasteiger partial charge in [0, 0.05) is 22.9 Å². The lowest BCUT2D eigenvalue weighted by molar-refractivity contribution is 0.0920. The fraction of sp³-hybridized carbons (Fsp3) is 0.0769. The van der Waals surface area contributed by atoms with Crippen LogP contribution in [-0.2, 0) is 0 Å². The summed E-state index contributed by atoms with van der Waals surface area (Å²) in [6, 6.07) is 23.5.